The molecule has 0 spiro atoms. The van der Waals surface area contributed by atoms with E-state index in [4.69, 9.17) is 12.3 Å². The lowest BCUT2D eigenvalue weighted by Crippen LogP contribution is -2.65. The molecule has 0 N–H and O–H groups in total. The zero-order chi connectivity index (χ0) is 26.6. The monoisotopic (exact) mass is 532 g/mol. The standard InChI is InChI=1S/C26H60O3Si4/c1-17-18-19-20-21-22-23-33(27-30(11,12)24(2,3)4,28-31(13,14)25(5,6)7)29-32(15,16)26(8,9)10/h17H,1,18-23H2,2-16H3. The van der Waals surface area contributed by atoms with E-state index in [1.165, 1.54) is 19.3 Å². The molecule has 33 heavy (non-hydrogen) atoms. The first-order valence-corrected chi connectivity index (χ1v) is 23.8. The van der Waals surface area contributed by atoms with Crippen molar-refractivity contribution in [3.8, 4) is 0 Å². The van der Waals surface area contributed by atoms with Gasteiger partial charge >= 0.3 is 8.80 Å². The maximum atomic E-state index is 7.37. The summed E-state index contributed by atoms with van der Waals surface area (Å²) in [6.45, 7) is 39.0. The van der Waals surface area contributed by atoms with Crippen molar-refractivity contribution < 1.29 is 12.3 Å². The fourth-order valence-corrected chi connectivity index (χ4v) is 19.4. The Balaban J connectivity index is 6.40. The number of rotatable bonds is 13. The average molecular weight is 533 g/mol. The predicted octanol–water partition coefficient (Wildman–Crippen LogP) is 10.1. The molecule has 0 aliphatic carbocycles. The van der Waals surface area contributed by atoms with Crippen molar-refractivity contribution in [1.82, 2.24) is 0 Å². The second-order valence-electron chi connectivity index (χ2n) is 14.5. The summed E-state index contributed by atoms with van der Waals surface area (Å²) in [6.07, 6.45) is 7.89. The van der Waals surface area contributed by atoms with Crippen LogP contribution in [0.2, 0.25) is 60.4 Å². The van der Waals surface area contributed by atoms with Crippen LogP contribution in [0.3, 0.4) is 0 Å². The number of allylic oxidation sites excluding steroid dienone is 1. The Hall–Kier alpha value is 0.488. The van der Waals surface area contributed by atoms with Crippen molar-refractivity contribution in [3.63, 3.8) is 0 Å². The topological polar surface area (TPSA) is 27.7 Å². The largest absolute Gasteiger partial charge is 0.469 e. The highest BCUT2D eigenvalue weighted by atomic mass is 28.5. The summed E-state index contributed by atoms with van der Waals surface area (Å²) in [7, 11) is -9.22. The predicted molar refractivity (Wildman–Crippen MR) is 159 cm³/mol. The maximum absolute atomic E-state index is 7.37. The van der Waals surface area contributed by atoms with Gasteiger partial charge in [-0.2, -0.15) is 0 Å². The molecule has 0 radical (unpaired) electrons. The van der Waals surface area contributed by atoms with E-state index in [0.717, 1.165) is 18.9 Å². The van der Waals surface area contributed by atoms with Crippen molar-refractivity contribution in [2.24, 2.45) is 0 Å². The van der Waals surface area contributed by atoms with Crippen molar-refractivity contribution in [1.29, 1.82) is 0 Å². The third-order valence-electron chi connectivity index (χ3n) is 8.29. The number of hydrogen-bond acceptors (Lipinski definition) is 3. The molecule has 0 unspecified atom stereocenters. The SMILES string of the molecule is C=CCCCCCC[Si](O[Si](C)(C)C(C)(C)C)(O[Si](C)(C)C(C)(C)C)O[Si](C)(C)C(C)(C)C. The highest BCUT2D eigenvalue weighted by Gasteiger charge is 2.57. The second-order valence-corrected chi connectivity index (χ2v) is 32.4. The van der Waals surface area contributed by atoms with Gasteiger partial charge < -0.3 is 12.3 Å². The van der Waals surface area contributed by atoms with Crippen molar-refractivity contribution in [2.45, 2.75) is 155 Å². The van der Waals surface area contributed by atoms with E-state index in [1.54, 1.807) is 0 Å². The Kier molecular flexibility index (Phi) is 11.9. The third kappa shape index (κ3) is 10.2. The average Bonchev–Trinajstić information content (AvgIpc) is 2.53. The molecule has 0 aromatic heterocycles. The Morgan fingerprint density at radius 3 is 1.12 bits per heavy atom. The zero-order valence-electron chi connectivity index (χ0n) is 25.3. The lowest BCUT2D eigenvalue weighted by atomic mass is 10.1. The lowest BCUT2D eigenvalue weighted by molar-refractivity contribution is 0.227. The third-order valence-corrected chi connectivity index (χ3v) is 30.0. The van der Waals surface area contributed by atoms with Gasteiger partial charge in [0.1, 0.15) is 0 Å². The van der Waals surface area contributed by atoms with Crippen LogP contribution in [-0.4, -0.2) is 33.8 Å². The summed E-state index contributed by atoms with van der Waals surface area (Å²) in [6, 6.07) is 0.937. The van der Waals surface area contributed by atoms with Gasteiger partial charge in [-0.25, -0.2) is 0 Å². The van der Waals surface area contributed by atoms with Crippen LogP contribution < -0.4 is 0 Å². The fourth-order valence-electron chi connectivity index (χ4n) is 2.82. The van der Waals surface area contributed by atoms with E-state index in [0.29, 0.717) is 0 Å². The van der Waals surface area contributed by atoms with Crippen LogP contribution in [0.4, 0.5) is 0 Å². The van der Waals surface area contributed by atoms with E-state index < -0.39 is 33.8 Å². The highest BCUT2D eigenvalue weighted by Crippen LogP contribution is 2.47. The molecule has 0 atom stereocenters. The van der Waals surface area contributed by atoms with E-state index in [1.807, 2.05) is 6.08 Å². The van der Waals surface area contributed by atoms with Gasteiger partial charge in [-0.15, -0.1) is 6.58 Å². The van der Waals surface area contributed by atoms with E-state index in [-0.39, 0.29) is 15.1 Å². The molecule has 0 aromatic carbocycles. The molecule has 0 aliphatic heterocycles. The van der Waals surface area contributed by atoms with Crippen LogP contribution in [0.25, 0.3) is 0 Å². The molecular weight excluding hydrogens is 473 g/mol. The molecule has 0 fully saturated rings. The quantitative estimate of drug-likeness (QED) is 0.134. The minimum atomic E-state index is -2.93. The Morgan fingerprint density at radius 1 is 0.545 bits per heavy atom. The van der Waals surface area contributed by atoms with Gasteiger partial charge in [0.2, 0.25) is 0 Å². The van der Waals surface area contributed by atoms with Crippen LogP contribution in [0, 0.1) is 0 Å². The van der Waals surface area contributed by atoms with Gasteiger partial charge in [0.15, 0.2) is 25.0 Å². The Labute approximate surface area is 213 Å². The summed E-state index contributed by atoms with van der Waals surface area (Å²) < 4.78 is 22.1. The van der Waals surface area contributed by atoms with Gasteiger partial charge in [-0.1, -0.05) is 81.2 Å². The van der Waals surface area contributed by atoms with Gasteiger partial charge in [-0.3, -0.25) is 0 Å². The normalized spacial score (nSPS) is 15.1. The van der Waals surface area contributed by atoms with Crippen LogP contribution in [0.1, 0.15) is 94.4 Å². The number of unbranched alkanes of at least 4 members (excludes halogenated alkanes) is 4. The second kappa shape index (κ2) is 11.7. The molecule has 0 bridgehead atoms. The summed E-state index contributed by atoms with van der Waals surface area (Å²) in [5.74, 6) is 0. The highest BCUT2D eigenvalue weighted by molar-refractivity contribution is 6.92. The fraction of sp³-hybridized carbons (Fsp3) is 0.923. The smallest absolute Gasteiger partial charge is 0.416 e. The lowest BCUT2D eigenvalue weighted by Gasteiger charge is -2.52. The first-order valence-electron chi connectivity index (χ1n) is 13.1. The molecule has 0 aliphatic rings. The van der Waals surface area contributed by atoms with Crippen molar-refractivity contribution in [3.05, 3.63) is 12.7 Å². The Bertz CT molecular complexity index is 539. The molecule has 198 valence electrons. The van der Waals surface area contributed by atoms with Gasteiger partial charge in [0.05, 0.1) is 0 Å². The van der Waals surface area contributed by atoms with Crippen molar-refractivity contribution in [2.75, 3.05) is 0 Å². The van der Waals surface area contributed by atoms with Gasteiger partial charge in [0.25, 0.3) is 0 Å². The first-order chi connectivity index (χ1) is 14.4. The summed E-state index contributed by atoms with van der Waals surface area (Å²) in [5.41, 5.74) is 0. The molecule has 0 rings (SSSR count). The molecule has 3 nitrogen and oxygen atoms in total. The van der Waals surface area contributed by atoms with E-state index >= 15 is 0 Å². The minimum absolute atomic E-state index is 0.114. The molecule has 0 saturated heterocycles. The molecule has 0 heterocycles. The molecule has 7 heteroatoms. The summed E-state index contributed by atoms with van der Waals surface area (Å²) in [5, 5.41) is 0.342. The molecule has 0 aromatic rings. The van der Waals surface area contributed by atoms with Gasteiger partial charge in [-0.05, 0) is 73.7 Å². The molecular formula is C26H60O3Si4. The van der Waals surface area contributed by atoms with E-state index in [9.17, 15) is 0 Å². The van der Waals surface area contributed by atoms with Gasteiger partial charge in [0, 0.05) is 6.04 Å². The maximum Gasteiger partial charge on any atom is 0.469 e. The van der Waals surface area contributed by atoms with Crippen LogP contribution in [0.5, 0.6) is 0 Å². The van der Waals surface area contributed by atoms with Crippen LogP contribution in [0.15, 0.2) is 12.7 Å². The molecule has 0 amide bonds. The van der Waals surface area contributed by atoms with Crippen LogP contribution in [-0.2, 0) is 12.3 Å². The van der Waals surface area contributed by atoms with Crippen LogP contribution >= 0.6 is 0 Å². The Morgan fingerprint density at radius 2 is 0.848 bits per heavy atom. The van der Waals surface area contributed by atoms with Crippen molar-refractivity contribution >= 4 is 33.8 Å². The zero-order valence-corrected chi connectivity index (χ0v) is 29.3. The minimum Gasteiger partial charge on any atom is -0.416 e. The first kappa shape index (κ1) is 33.5. The van der Waals surface area contributed by atoms with E-state index in [2.05, 4.69) is 108 Å². The molecule has 0 saturated carbocycles. The summed E-state index contributed by atoms with van der Waals surface area (Å²) in [4.78, 5) is 0. The summed E-state index contributed by atoms with van der Waals surface area (Å²) >= 11 is 0. The number of hydrogen-bond donors (Lipinski definition) is 0.